The van der Waals surface area contributed by atoms with Crippen molar-refractivity contribution in [1.29, 1.82) is 5.26 Å². The van der Waals surface area contributed by atoms with Gasteiger partial charge in [-0.3, -0.25) is 0 Å². The van der Waals surface area contributed by atoms with Crippen LogP contribution in [-0.4, -0.2) is 13.1 Å². The first kappa shape index (κ1) is 14.0. The Bertz CT molecular complexity index is 466. The van der Waals surface area contributed by atoms with Gasteiger partial charge in [0.05, 0.1) is 7.11 Å². The molecular formula is C15H17NO2. The molecule has 0 saturated carbocycles. The quantitative estimate of drug-likeness (QED) is 0.453. The van der Waals surface area contributed by atoms with E-state index in [1.807, 2.05) is 30.3 Å². The van der Waals surface area contributed by atoms with Gasteiger partial charge in [0.15, 0.2) is 0 Å². The molecule has 0 aliphatic heterocycles. The number of carbonyl (C=O) groups is 1. The van der Waals surface area contributed by atoms with Crippen LogP contribution in [0.5, 0.6) is 0 Å². The molecule has 0 unspecified atom stereocenters. The van der Waals surface area contributed by atoms with Crippen LogP contribution in [0.3, 0.4) is 0 Å². The number of ether oxygens (including phenoxy) is 1. The van der Waals surface area contributed by atoms with E-state index in [4.69, 9.17) is 5.26 Å². The molecule has 0 atom stereocenters. The molecule has 18 heavy (non-hydrogen) atoms. The summed E-state index contributed by atoms with van der Waals surface area (Å²) in [5.41, 5.74) is 2.11. The van der Waals surface area contributed by atoms with Crippen LogP contribution in [0.15, 0.2) is 29.8 Å². The lowest BCUT2D eigenvalue weighted by Gasteiger charge is -2.01. The zero-order valence-corrected chi connectivity index (χ0v) is 10.8. The maximum atomic E-state index is 11.2. The molecule has 0 bridgehead atoms. The summed E-state index contributed by atoms with van der Waals surface area (Å²) < 4.78 is 4.52. The maximum Gasteiger partial charge on any atom is 0.348 e. The first-order valence-corrected chi connectivity index (χ1v) is 6.00. The van der Waals surface area contributed by atoms with Crippen molar-refractivity contribution in [3.8, 4) is 6.07 Å². The zero-order valence-electron chi connectivity index (χ0n) is 10.8. The highest BCUT2D eigenvalue weighted by Gasteiger charge is 2.07. The summed E-state index contributed by atoms with van der Waals surface area (Å²) in [6.07, 6.45) is 4.93. The second-order valence-corrected chi connectivity index (χ2v) is 4.01. The summed E-state index contributed by atoms with van der Waals surface area (Å²) in [5, 5.41) is 8.84. The zero-order chi connectivity index (χ0) is 13.4. The summed E-state index contributed by atoms with van der Waals surface area (Å²) >= 11 is 0. The molecule has 0 N–H and O–H groups in total. The van der Waals surface area contributed by atoms with Gasteiger partial charge in [0.25, 0.3) is 0 Å². The Morgan fingerprint density at radius 1 is 1.39 bits per heavy atom. The van der Waals surface area contributed by atoms with E-state index in [1.54, 1.807) is 0 Å². The van der Waals surface area contributed by atoms with Gasteiger partial charge in [-0.25, -0.2) is 4.79 Å². The molecule has 0 aromatic heterocycles. The van der Waals surface area contributed by atoms with Crippen molar-refractivity contribution in [3.05, 3.63) is 41.0 Å². The van der Waals surface area contributed by atoms with E-state index < -0.39 is 5.97 Å². The van der Waals surface area contributed by atoms with Crippen LogP contribution in [0, 0.1) is 11.3 Å². The average Bonchev–Trinajstić information content (AvgIpc) is 2.43. The van der Waals surface area contributed by atoms with Crippen LogP contribution >= 0.6 is 0 Å². The third-order valence-electron chi connectivity index (χ3n) is 2.64. The van der Waals surface area contributed by atoms with Crippen LogP contribution in [0.25, 0.3) is 6.08 Å². The Hall–Kier alpha value is -2.08. The Balaban J connectivity index is 2.82. The average molecular weight is 243 g/mol. The van der Waals surface area contributed by atoms with E-state index in [-0.39, 0.29) is 5.57 Å². The monoisotopic (exact) mass is 243 g/mol. The van der Waals surface area contributed by atoms with Gasteiger partial charge in [0, 0.05) is 0 Å². The molecule has 0 heterocycles. The lowest BCUT2D eigenvalue weighted by molar-refractivity contribution is -0.135. The Labute approximate surface area is 108 Å². The molecular weight excluding hydrogens is 226 g/mol. The fraction of sp³-hybridized carbons (Fsp3) is 0.333. The van der Waals surface area contributed by atoms with Crippen molar-refractivity contribution in [2.24, 2.45) is 0 Å². The van der Waals surface area contributed by atoms with Gasteiger partial charge in [-0.15, -0.1) is 0 Å². The van der Waals surface area contributed by atoms with Crippen molar-refractivity contribution < 1.29 is 9.53 Å². The molecule has 94 valence electrons. The van der Waals surface area contributed by atoms with Crippen LogP contribution in [0.2, 0.25) is 0 Å². The minimum Gasteiger partial charge on any atom is -0.465 e. The van der Waals surface area contributed by atoms with E-state index in [2.05, 4.69) is 11.7 Å². The van der Waals surface area contributed by atoms with E-state index in [1.165, 1.54) is 31.6 Å². The second kappa shape index (κ2) is 7.29. The topological polar surface area (TPSA) is 50.1 Å². The van der Waals surface area contributed by atoms with Crippen molar-refractivity contribution in [3.63, 3.8) is 0 Å². The smallest absolute Gasteiger partial charge is 0.348 e. The summed E-state index contributed by atoms with van der Waals surface area (Å²) in [7, 11) is 1.27. The van der Waals surface area contributed by atoms with Gasteiger partial charge in [0.1, 0.15) is 11.6 Å². The highest BCUT2D eigenvalue weighted by Crippen LogP contribution is 2.11. The number of carbonyl (C=O) groups excluding carboxylic acids is 1. The minimum atomic E-state index is -0.604. The number of rotatable bonds is 5. The minimum absolute atomic E-state index is 0.0128. The van der Waals surface area contributed by atoms with Crippen LogP contribution in [0.4, 0.5) is 0 Å². The Morgan fingerprint density at radius 3 is 2.56 bits per heavy atom. The number of benzene rings is 1. The van der Waals surface area contributed by atoms with Gasteiger partial charge in [-0.05, 0) is 30.0 Å². The number of unbranched alkanes of at least 4 members (excludes halogenated alkanes) is 1. The molecule has 3 nitrogen and oxygen atoms in total. The Kier molecular flexibility index (Phi) is 5.66. The molecule has 1 aromatic carbocycles. The number of hydrogen-bond acceptors (Lipinski definition) is 3. The van der Waals surface area contributed by atoms with Crippen molar-refractivity contribution >= 4 is 12.0 Å². The highest BCUT2D eigenvalue weighted by atomic mass is 16.5. The van der Waals surface area contributed by atoms with Crippen LogP contribution < -0.4 is 0 Å². The molecule has 0 radical (unpaired) electrons. The molecule has 1 aromatic rings. The molecule has 1 rings (SSSR count). The van der Waals surface area contributed by atoms with Gasteiger partial charge in [0.2, 0.25) is 0 Å². The van der Waals surface area contributed by atoms with Gasteiger partial charge >= 0.3 is 5.97 Å². The van der Waals surface area contributed by atoms with Gasteiger partial charge in [-0.2, -0.15) is 5.26 Å². The molecule has 3 heteroatoms. The third-order valence-corrected chi connectivity index (χ3v) is 2.64. The standard InChI is InChI=1S/C15H17NO2/c1-3-4-5-12-6-8-13(9-7-12)10-14(11-16)15(17)18-2/h6-10H,3-5H2,1-2H3. The predicted molar refractivity (Wildman–Crippen MR) is 70.7 cm³/mol. The number of aryl methyl sites for hydroxylation is 1. The fourth-order valence-electron chi connectivity index (χ4n) is 1.57. The molecule has 0 spiro atoms. The summed E-state index contributed by atoms with van der Waals surface area (Å²) in [4.78, 5) is 11.2. The second-order valence-electron chi connectivity index (χ2n) is 4.01. The molecule has 0 fully saturated rings. The Morgan fingerprint density at radius 2 is 2.06 bits per heavy atom. The van der Waals surface area contributed by atoms with E-state index in [9.17, 15) is 4.79 Å². The lowest BCUT2D eigenvalue weighted by atomic mass is 10.1. The predicted octanol–water partition coefficient (Wildman–Crippen LogP) is 3.11. The molecule has 0 saturated heterocycles. The van der Waals surface area contributed by atoms with Crippen LogP contribution in [0.1, 0.15) is 30.9 Å². The molecule has 0 amide bonds. The van der Waals surface area contributed by atoms with Gasteiger partial charge < -0.3 is 4.74 Å². The van der Waals surface area contributed by atoms with Crippen LogP contribution in [-0.2, 0) is 16.0 Å². The summed E-state index contributed by atoms with van der Waals surface area (Å²) in [5.74, 6) is -0.604. The molecule has 0 aliphatic rings. The number of nitrogens with zero attached hydrogens (tertiary/aromatic N) is 1. The van der Waals surface area contributed by atoms with E-state index in [0.717, 1.165) is 12.0 Å². The normalized spacial score (nSPS) is 10.8. The number of esters is 1. The van der Waals surface area contributed by atoms with Crippen molar-refractivity contribution in [1.82, 2.24) is 0 Å². The third kappa shape index (κ3) is 4.06. The molecule has 0 aliphatic carbocycles. The fourth-order valence-corrected chi connectivity index (χ4v) is 1.57. The van der Waals surface area contributed by atoms with E-state index >= 15 is 0 Å². The summed E-state index contributed by atoms with van der Waals surface area (Å²) in [6, 6.07) is 9.70. The van der Waals surface area contributed by atoms with Gasteiger partial charge in [-0.1, -0.05) is 37.6 Å². The summed E-state index contributed by atoms with van der Waals surface area (Å²) in [6.45, 7) is 2.16. The first-order valence-electron chi connectivity index (χ1n) is 6.00. The highest BCUT2D eigenvalue weighted by molar-refractivity contribution is 5.97. The number of hydrogen-bond donors (Lipinski definition) is 0. The first-order chi connectivity index (χ1) is 8.71. The number of methoxy groups -OCH3 is 1. The maximum absolute atomic E-state index is 11.2. The SMILES string of the molecule is CCCCc1ccc(C=C(C#N)C(=O)OC)cc1. The van der Waals surface area contributed by atoms with Crippen molar-refractivity contribution in [2.45, 2.75) is 26.2 Å². The number of nitriles is 1. The largest absolute Gasteiger partial charge is 0.465 e. The van der Waals surface area contributed by atoms with Crippen molar-refractivity contribution in [2.75, 3.05) is 7.11 Å². The lowest BCUT2D eigenvalue weighted by Crippen LogP contribution is -2.02. The van der Waals surface area contributed by atoms with E-state index in [0.29, 0.717) is 0 Å².